The quantitative estimate of drug-likeness (QED) is 0.907. The smallest absolute Gasteiger partial charge is 0.0957 e. The monoisotopic (exact) mass is 294 g/mol. The van der Waals surface area contributed by atoms with E-state index in [1.165, 1.54) is 41.8 Å². The van der Waals surface area contributed by atoms with Crippen molar-refractivity contribution in [3.63, 3.8) is 0 Å². The van der Waals surface area contributed by atoms with Crippen LogP contribution in [0.15, 0.2) is 18.2 Å². The van der Waals surface area contributed by atoms with Gasteiger partial charge in [-0.25, -0.2) is 4.98 Å². The molecule has 102 valence electrons. The molecule has 19 heavy (non-hydrogen) atoms. The fourth-order valence-corrected chi connectivity index (χ4v) is 4.31. The minimum absolute atomic E-state index is 0.260. The highest BCUT2D eigenvalue weighted by Gasteiger charge is 2.31. The average molecular weight is 295 g/mol. The van der Waals surface area contributed by atoms with E-state index in [-0.39, 0.29) is 5.54 Å². The van der Waals surface area contributed by atoms with Gasteiger partial charge in [0.25, 0.3) is 0 Å². The predicted octanol–water partition coefficient (Wildman–Crippen LogP) is 4.41. The number of thiazole rings is 1. The second-order valence-electron chi connectivity index (χ2n) is 5.49. The first kappa shape index (κ1) is 13.3. The van der Waals surface area contributed by atoms with Crippen molar-refractivity contribution in [3.05, 3.63) is 28.2 Å². The van der Waals surface area contributed by atoms with Crippen LogP contribution in [0.1, 0.15) is 37.1 Å². The number of halogens is 1. The average Bonchev–Trinajstić information content (AvgIpc) is 2.81. The number of benzene rings is 1. The van der Waals surface area contributed by atoms with Gasteiger partial charge < -0.3 is 5.32 Å². The zero-order valence-corrected chi connectivity index (χ0v) is 12.8. The molecule has 1 saturated carbocycles. The standard InChI is InChI=1S/C15H19ClN2S/c1-17-15(7-3-2-4-8-15)10-14-18-12-9-11(16)5-6-13(12)19-14/h5-6,9,17H,2-4,7-8,10H2,1H3. The number of aromatic nitrogens is 1. The van der Waals surface area contributed by atoms with Gasteiger partial charge in [-0.15, -0.1) is 11.3 Å². The first-order valence-electron chi connectivity index (χ1n) is 6.95. The van der Waals surface area contributed by atoms with Gasteiger partial charge in [0.2, 0.25) is 0 Å². The molecule has 0 radical (unpaired) electrons. The third-order valence-corrected chi connectivity index (χ3v) is 5.50. The fraction of sp³-hybridized carbons (Fsp3) is 0.533. The maximum atomic E-state index is 6.03. The fourth-order valence-electron chi connectivity index (χ4n) is 3.06. The van der Waals surface area contributed by atoms with Crippen LogP contribution in [0.3, 0.4) is 0 Å². The lowest BCUT2D eigenvalue weighted by atomic mass is 9.79. The molecule has 4 heteroatoms. The van der Waals surface area contributed by atoms with E-state index >= 15 is 0 Å². The van der Waals surface area contributed by atoms with Gasteiger partial charge in [-0.3, -0.25) is 0 Å². The molecule has 0 bridgehead atoms. The molecule has 0 spiro atoms. The van der Waals surface area contributed by atoms with Gasteiger partial charge in [0.05, 0.1) is 15.2 Å². The zero-order valence-electron chi connectivity index (χ0n) is 11.2. The minimum Gasteiger partial charge on any atom is -0.314 e. The number of hydrogen-bond acceptors (Lipinski definition) is 3. The van der Waals surface area contributed by atoms with Gasteiger partial charge in [-0.1, -0.05) is 30.9 Å². The van der Waals surface area contributed by atoms with Crippen molar-refractivity contribution in [3.8, 4) is 0 Å². The van der Waals surface area contributed by atoms with Crippen molar-refractivity contribution in [1.82, 2.24) is 10.3 Å². The number of likely N-dealkylation sites (N-methyl/N-ethyl adjacent to an activating group) is 1. The van der Waals surface area contributed by atoms with E-state index in [1.54, 1.807) is 11.3 Å². The number of rotatable bonds is 3. The topological polar surface area (TPSA) is 24.9 Å². The Labute approximate surface area is 123 Å². The largest absolute Gasteiger partial charge is 0.314 e. The Balaban J connectivity index is 1.87. The SMILES string of the molecule is CNC1(Cc2nc3cc(Cl)ccc3s2)CCCCC1. The predicted molar refractivity (Wildman–Crippen MR) is 83.2 cm³/mol. The third kappa shape index (κ3) is 2.78. The molecule has 0 atom stereocenters. The van der Waals surface area contributed by atoms with Crippen molar-refractivity contribution in [2.45, 2.75) is 44.1 Å². The second-order valence-corrected chi connectivity index (χ2v) is 7.04. The molecule has 1 aliphatic carbocycles. The van der Waals surface area contributed by atoms with E-state index in [0.717, 1.165) is 17.0 Å². The van der Waals surface area contributed by atoms with Gasteiger partial charge in [0.1, 0.15) is 0 Å². The Bertz CT molecular complexity index is 573. The summed E-state index contributed by atoms with van der Waals surface area (Å²) in [4.78, 5) is 4.75. The van der Waals surface area contributed by atoms with Crippen molar-refractivity contribution < 1.29 is 0 Å². The lowest BCUT2D eigenvalue weighted by Gasteiger charge is -2.36. The molecule has 1 aromatic heterocycles. The van der Waals surface area contributed by atoms with Crippen molar-refractivity contribution in [2.24, 2.45) is 0 Å². The Morgan fingerprint density at radius 2 is 2.11 bits per heavy atom. The van der Waals surface area contributed by atoms with E-state index in [1.807, 2.05) is 12.1 Å². The van der Waals surface area contributed by atoms with E-state index in [2.05, 4.69) is 18.4 Å². The molecule has 0 amide bonds. The highest BCUT2D eigenvalue weighted by atomic mass is 35.5. The van der Waals surface area contributed by atoms with Crippen LogP contribution in [0.2, 0.25) is 5.02 Å². The van der Waals surface area contributed by atoms with Crippen LogP contribution < -0.4 is 5.32 Å². The lowest BCUT2D eigenvalue weighted by molar-refractivity contribution is 0.244. The van der Waals surface area contributed by atoms with Gasteiger partial charge in [-0.05, 0) is 38.1 Å². The number of fused-ring (bicyclic) bond motifs is 1. The number of nitrogens with one attached hydrogen (secondary N) is 1. The summed E-state index contributed by atoms with van der Waals surface area (Å²) < 4.78 is 1.24. The van der Waals surface area contributed by atoms with Crippen LogP contribution in [0.5, 0.6) is 0 Å². The Morgan fingerprint density at radius 3 is 2.84 bits per heavy atom. The molecule has 0 saturated heterocycles. The molecule has 1 fully saturated rings. The summed E-state index contributed by atoms with van der Waals surface area (Å²) in [6, 6.07) is 5.98. The highest BCUT2D eigenvalue weighted by molar-refractivity contribution is 7.18. The summed E-state index contributed by atoms with van der Waals surface area (Å²) in [6.07, 6.45) is 7.61. The van der Waals surface area contributed by atoms with E-state index in [0.29, 0.717) is 0 Å². The molecule has 1 heterocycles. The summed E-state index contributed by atoms with van der Waals surface area (Å²) in [5.41, 5.74) is 1.30. The summed E-state index contributed by atoms with van der Waals surface area (Å²) in [5.74, 6) is 0. The van der Waals surface area contributed by atoms with Crippen LogP contribution in [-0.4, -0.2) is 17.6 Å². The van der Waals surface area contributed by atoms with Crippen molar-refractivity contribution in [2.75, 3.05) is 7.05 Å². The summed E-state index contributed by atoms with van der Waals surface area (Å²) in [6.45, 7) is 0. The molecular weight excluding hydrogens is 276 g/mol. The molecular formula is C15H19ClN2S. The van der Waals surface area contributed by atoms with Gasteiger partial charge in [-0.2, -0.15) is 0 Å². The zero-order chi connectivity index (χ0) is 13.3. The molecule has 3 rings (SSSR count). The third-order valence-electron chi connectivity index (χ3n) is 4.22. The second kappa shape index (κ2) is 5.39. The Kier molecular flexibility index (Phi) is 3.79. The Hall–Kier alpha value is -0.640. The number of hydrogen-bond donors (Lipinski definition) is 1. The summed E-state index contributed by atoms with van der Waals surface area (Å²) >= 11 is 7.83. The minimum atomic E-state index is 0.260. The van der Waals surface area contributed by atoms with E-state index < -0.39 is 0 Å². The van der Waals surface area contributed by atoms with Gasteiger partial charge in [0.15, 0.2) is 0 Å². The van der Waals surface area contributed by atoms with Crippen LogP contribution in [0, 0.1) is 0 Å². The Morgan fingerprint density at radius 1 is 1.32 bits per heavy atom. The van der Waals surface area contributed by atoms with E-state index in [9.17, 15) is 0 Å². The highest BCUT2D eigenvalue weighted by Crippen LogP contribution is 2.33. The first-order valence-corrected chi connectivity index (χ1v) is 8.14. The molecule has 0 unspecified atom stereocenters. The molecule has 0 aliphatic heterocycles. The number of nitrogens with zero attached hydrogens (tertiary/aromatic N) is 1. The normalized spacial score (nSPS) is 18.8. The van der Waals surface area contributed by atoms with Crippen LogP contribution >= 0.6 is 22.9 Å². The van der Waals surface area contributed by atoms with E-state index in [4.69, 9.17) is 16.6 Å². The van der Waals surface area contributed by atoms with Gasteiger partial charge in [0, 0.05) is 17.0 Å². The van der Waals surface area contributed by atoms with Crippen molar-refractivity contribution >= 4 is 33.2 Å². The van der Waals surface area contributed by atoms with Crippen LogP contribution in [-0.2, 0) is 6.42 Å². The summed E-state index contributed by atoms with van der Waals surface area (Å²) in [7, 11) is 2.09. The molecule has 1 N–H and O–H groups in total. The molecule has 2 aromatic rings. The first-order chi connectivity index (χ1) is 9.21. The van der Waals surface area contributed by atoms with Crippen LogP contribution in [0.25, 0.3) is 10.2 Å². The lowest BCUT2D eigenvalue weighted by Crippen LogP contribution is -2.46. The maximum absolute atomic E-state index is 6.03. The van der Waals surface area contributed by atoms with Gasteiger partial charge >= 0.3 is 0 Å². The summed E-state index contributed by atoms with van der Waals surface area (Å²) in [5, 5.41) is 5.56. The van der Waals surface area contributed by atoms with Crippen molar-refractivity contribution in [1.29, 1.82) is 0 Å². The molecule has 2 nitrogen and oxygen atoms in total. The maximum Gasteiger partial charge on any atom is 0.0957 e. The molecule has 1 aromatic carbocycles. The van der Waals surface area contributed by atoms with Crippen LogP contribution in [0.4, 0.5) is 0 Å². The molecule has 1 aliphatic rings.